The highest BCUT2D eigenvalue weighted by atomic mass is 16.6. The lowest BCUT2D eigenvalue weighted by Gasteiger charge is -2.24. The molecule has 9 atom stereocenters. The average molecular weight is 563 g/mol. The third-order valence-corrected chi connectivity index (χ3v) is 6.89. The fraction of sp³-hybridized carbons (Fsp3) is 0.476. The van der Waals surface area contributed by atoms with E-state index in [1.165, 1.54) is 12.7 Å². The van der Waals surface area contributed by atoms with Crippen molar-refractivity contribution >= 4 is 39.9 Å². The molecule has 4 aromatic heterocycles. The third-order valence-electron chi connectivity index (χ3n) is 6.89. The molecular formula is C21H26N10O9+2. The Bertz CT molecular complexity index is 1560. The van der Waals surface area contributed by atoms with Gasteiger partial charge in [0.05, 0.1) is 6.61 Å². The van der Waals surface area contributed by atoms with Crippen molar-refractivity contribution in [3.63, 3.8) is 0 Å². The van der Waals surface area contributed by atoms with Gasteiger partial charge in [-0.05, 0) is 0 Å². The summed E-state index contributed by atoms with van der Waals surface area (Å²) >= 11 is 0. The smallest absolute Gasteiger partial charge is 0.338 e. The fourth-order valence-electron chi connectivity index (χ4n) is 4.84. The number of carbonyl (C=O) groups is 1. The maximum Gasteiger partial charge on any atom is 0.338 e. The number of H-pyrrole nitrogens is 4. The van der Waals surface area contributed by atoms with Crippen molar-refractivity contribution in [3.05, 3.63) is 24.3 Å². The van der Waals surface area contributed by atoms with E-state index in [1.807, 2.05) is 0 Å². The number of aromatic amines is 4. The Hall–Kier alpha value is -4.11. The molecule has 0 amide bonds. The molecule has 212 valence electrons. The van der Waals surface area contributed by atoms with E-state index in [-0.39, 0.29) is 23.3 Å². The lowest BCUT2D eigenvalue weighted by Crippen LogP contribution is -2.46. The summed E-state index contributed by atoms with van der Waals surface area (Å²) in [6, 6.07) is 0. The Morgan fingerprint density at radius 3 is 2.08 bits per heavy atom. The van der Waals surface area contributed by atoms with E-state index >= 15 is 0 Å². The third kappa shape index (κ3) is 4.16. The second-order valence-electron chi connectivity index (χ2n) is 9.36. The maximum absolute atomic E-state index is 13.0. The summed E-state index contributed by atoms with van der Waals surface area (Å²) < 4.78 is 16.6. The number of nitrogens with zero attached hydrogens (tertiary/aromatic N) is 4. The standard InChI is InChI=1S/C21H24N10O9/c22-15-5-17(26-2-24-5)30-19(28-15)13-9(35)8(34)11(39-13)10(36)21(37)40-12-7(33)4(1-32)38-14(12)20-29-16(23)6-18(31-20)27-3-25-6/h2-4,7-14,32-36H,1H2,(H3,22,24,26,28,30)(H3,23,25,27,29,31)/p+2/t4-,7-,8+,9+,10?,11+,12+,13?,14?/m1/s1. The highest BCUT2D eigenvalue weighted by molar-refractivity contribution is 5.79. The van der Waals surface area contributed by atoms with Crippen LogP contribution in [0.1, 0.15) is 23.9 Å². The average Bonchev–Trinajstić information content (AvgIpc) is 3.72. The molecule has 40 heavy (non-hydrogen) atoms. The number of nitrogens with one attached hydrogen (secondary N) is 4. The Morgan fingerprint density at radius 1 is 0.925 bits per heavy atom. The van der Waals surface area contributed by atoms with Crippen molar-refractivity contribution in [2.45, 2.75) is 54.9 Å². The summed E-state index contributed by atoms with van der Waals surface area (Å²) in [5.41, 5.74) is 13.3. The fourth-order valence-corrected chi connectivity index (χ4v) is 4.84. The zero-order chi connectivity index (χ0) is 28.3. The first-order valence-electron chi connectivity index (χ1n) is 12.1. The zero-order valence-electron chi connectivity index (χ0n) is 20.4. The normalized spacial score (nSPS) is 31.2. The van der Waals surface area contributed by atoms with Gasteiger partial charge in [-0.2, -0.15) is 9.97 Å². The van der Waals surface area contributed by atoms with Crippen molar-refractivity contribution in [2.75, 3.05) is 18.1 Å². The molecule has 0 bridgehead atoms. The molecule has 2 fully saturated rings. The maximum atomic E-state index is 13.0. The van der Waals surface area contributed by atoms with Gasteiger partial charge in [0.25, 0.3) is 0 Å². The summed E-state index contributed by atoms with van der Waals surface area (Å²) in [6.07, 6.45) is -11.1. The predicted octanol–water partition coefficient (Wildman–Crippen LogP) is -5.05. The number of hydrogen-bond acceptors (Lipinski definition) is 15. The van der Waals surface area contributed by atoms with Crippen molar-refractivity contribution < 1.29 is 54.5 Å². The number of ether oxygens (including phenoxy) is 3. The topological polar surface area (TPSA) is 309 Å². The van der Waals surface area contributed by atoms with Crippen molar-refractivity contribution in [1.29, 1.82) is 0 Å². The number of esters is 1. The van der Waals surface area contributed by atoms with Gasteiger partial charge in [0.15, 0.2) is 48.7 Å². The first kappa shape index (κ1) is 26.1. The monoisotopic (exact) mass is 562 g/mol. The lowest BCUT2D eigenvalue weighted by molar-refractivity contribution is -0.348. The minimum absolute atomic E-state index is 0.0351. The molecule has 2 aliphatic heterocycles. The molecule has 6 rings (SSSR count). The number of aliphatic hydroxyl groups is 5. The van der Waals surface area contributed by atoms with Crippen LogP contribution in [-0.4, -0.2) is 111 Å². The molecular weight excluding hydrogens is 536 g/mol. The van der Waals surface area contributed by atoms with E-state index in [0.29, 0.717) is 22.3 Å². The molecule has 0 saturated carbocycles. The molecule has 0 radical (unpaired) electrons. The van der Waals surface area contributed by atoms with E-state index in [9.17, 15) is 30.3 Å². The van der Waals surface area contributed by atoms with Gasteiger partial charge in [0.1, 0.15) is 30.5 Å². The Kier molecular flexibility index (Phi) is 6.41. The number of fused-ring (bicyclic) bond motifs is 2. The van der Waals surface area contributed by atoms with Crippen LogP contribution in [0.4, 0.5) is 11.6 Å². The lowest BCUT2D eigenvalue weighted by atomic mass is 10.0. The van der Waals surface area contributed by atoms with Gasteiger partial charge < -0.3 is 51.2 Å². The number of nitrogens with two attached hydrogens (primary N) is 2. The highest BCUT2D eigenvalue weighted by Gasteiger charge is 2.54. The molecule has 13 N–H and O–H groups in total. The molecule has 19 nitrogen and oxygen atoms in total. The first-order valence-corrected chi connectivity index (χ1v) is 12.1. The molecule has 0 aromatic carbocycles. The number of anilines is 2. The van der Waals surface area contributed by atoms with Crippen molar-refractivity contribution in [2.24, 2.45) is 0 Å². The van der Waals surface area contributed by atoms with Crippen LogP contribution in [0.25, 0.3) is 22.3 Å². The van der Waals surface area contributed by atoms with Crippen LogP contribution in [-0.2, 0) is 19.0 Å². The molecule has 2 saturated heterocycles. The van der Waals surface area contributed by atoms with Crippen LogP contribution in [0.2, 0.25) is 0 Å². The minimum Gasteiger partial charge on any atom is -0.454 e. The molecule has 0 aliphatic carbocycles. The first-order chi connectivity index (χ1) is 19.2. The van der Waals surface area contributed by atoms with Gasteiger partial charge in [-0.3, -0.25) is 9.97 Å². The van der Waals surface area contributed by atoms with Gasteiger partial charge >= 0.3 is 17.3 Å². The number of aliphatic hydroxyl groups excluding tert-OH is 5. The summed E-state index contributed by atoms with van der Waals surface area (Å²) in [5.74, 6) is -1.43. The van der Waals surface area contributed by atoms with Gasteiger partial charge in [0, 0.05) is 0 Å². The molecule has 0 spiro atoms. The van der Waals surface area contributed by atoms with E-state index in [0.717, 1.165) is 0 Å². The predicted molar refractivity (Wildman–Crippen MR) is 126 cm³/mol. The quantitative estimate of drug-likeness (QED) is 0.0993. The number of nitrogen functional groups attached to an aromatic ring is 2. The molecule has 19 heteroatoms. The van der Waals surface area contributed by atoms with E-state index < -0.39 is 67.5 Å². The van der Waals surface area contributed by atoms with Crippen molar-refractivity contribution in [1.82, 2.24) is 29.9 Å². The summed E-state index contributed by atoms with van der Waals surface area (Å²) in [4.78, 5) is 41.0. The molecule has 2 aliphatic rings. The van der Waals surface area contributed by atoms with Crippen LogP contribution in [0.3, 0.4) is 0 Å². The van der Waals surface area contributed by atoms with E-state index in [1.54, 1.807) is 0 Å². The van der Waals surface area contributed by atoms with E-state index in [4.69, 9.17) is 25.7 Å². The second-order valence-corrected chi connectivity index (χ2v) is 9.36. The summed E-state index contributed by atoms with van der Waals surface area (Å²) in [7, 11) is 0. The summed E-state index contributed by atoms with van der Waals surface area (Å²) in [6.45, 7) is -0.632. The van der Waals surface area contributed by atoms with Crippen LogP contribution in [0, 0.1) is 0 Å². The van der Waals surface area contributed by atoms with Crippen LogP contribution in [0.5, 0.6) is 0 Å². The number of imidazole rings is 2. The minimum atomic E-state index is -2.14. The van der Waals surface area contributed by atoms with E-state index in [2.05, 4.69) is 39.9 Å². The largest absolute Gasteiger partial charge is 0.454 e. The van der Waals surface area contributed by atoms with Gasteiger partial charge in [-0.15, -0.1) is 0 Å². The second kappa shape index (κ2) is 9.82. The van der Waals surface area contributed by atoms with Crippen LogP contribution < -0.4 is 21.4 Å². The SMILES string of the molecule is Nc1nc(C2O[C@H](C(O)C(=O)O[C@@H]3C(c4nc(N)c5[nH]c[nH+]c5n4)O[C@H](CO)[C@H]3O)[C@@H](O)[C@@H]2O)nc2[nH+]c[nH]c12. The Morgan fingerprint density at radius 2 is 1.50 bits per heavy atom. The zero-order valence-corrected chi connectivity index (χ0v) is 20.4. The number of aromatic nitrogens is 8. The van der Waals surface area contributed by atoms with Gasteiger partial charge in [0.2, 0.25) is 22.7 Å². The number of hydrogen-bond donors (Lipinski definition) is 9. The number of rotatable bonds is 6. The van der Waals surface area contributed by atoms with Crippen LogP contribution >= 0.6 is 0 Å². The van der Waals surface area contributed by atoms with Gasteiger partial charge in [-0.1, -0.05) is 9.97 Å². The molecule has 3 unspecified atom stereocenters. The Labute approximate surface area is 222 Å². The molecule has 4 aromatic rings. The highest BCUT2D eigenvalue weighted by Crippen LogP contribution is 2.37. The van der Waals surface area contributed by atoms with Gasteiger partial charge in [-0.25, -0.2) is 14.8 Å². The Balaban J connectivity index is 1.22. The number of carbonyl (C=O) groups excluding carboxylic acids is 1. The van der Waals surface area contributed by atoms with Crippen LogP contribution in [0.15, 0.2) is 12.7 Å². The summed E-state index contributed by atoms with van der Waals surface area (Å²) in [5, 5.41) is 52.3. The molecule has 6 heterocycles. The van der Waals surface area contributed by atoms with Crippen molar-refractivity contribution in [3.8, 4) is 0 Å².